The van der Waals surface area contributed by atoms with Gasteiger partial charge in [0.2, 0.25) is 0 Å². The molecular formula is C15H13Cl3N2O2S. The van der Waals surface area contributed by atoms with Crippen molar-refractivity contribution in [1.29, 1.82) is 0 Å². The summed E-state index contributed by atoms with van der Waals surface area (Å²) in [7, 11) is 0. The third-order valence-electron chi connectivity index (χ3n) is 2.79. The van der Waals surface area contributed by atoms with Crippen LogP contribution in [0.15, 0.2) is 16.9 Å². The van der Waals surface area contributed by atoms with Crippen LogP contribution >= 0.6 is 46.1 Å². The molecule has 0 aliphatic carbocycles. The lowest BCUT2D eigenvalue weighted by atomic mass is 9.98. The standard InChI is InChI=1S/C15H13Cl3N2O2S/c1-15(2,3)13-19-20(14(21)23-13)11-8-12(22-6-4-5-16)10(18)7-9(11)17/h7-8H,6H2,1-3H3. The molecule has 0 aliphatic heterocycles. The molecule has 1 aromatic carbocycles. The molecule has 122 valence electrons. The van der Waals surface area contributed by atoms with E-state index in [4.69, 9.17) is 39.5 Å². The number of hydrogen-bond donors (Lipinski definition) is 0. The highest BCUT2D eigenvalue weighted by atomic mass is 35.5. The Kier molecular flexibility index (Phi) is 5.64. The SMILES string of the molecule is CC(C)(C)c1nn(-c2cc(OCC#CCl)c(Cl)cc2Cl)c(=O)s1. The lowest BCUT2D eigenvalue weighted by Gasteiger charge is -2.13. The summed E-state index contributed by atoms with van der Waals surface area (Å²) in [6.07, 6.45) is 0. The maximum atomic E-state index is 12.2. The normalized spacial score (nSPS) is 11.0. The summed E-state index contributed by atoms with van der Waals surface area (Å²) in [5.74, 6) is 2.90. The largest absolute Gasteiger partial charge is 0.479 e. The smallest absolute Gasteiger partial charge is 0.329 e. The molecule has 23 heavy (non-hydrogen) atoms. The number of rotatable bonds is 3. The second kappa shape index (κ2) is 7.14. The van der Waals surface area contributed by atoms with Gasteiger partial charge in [-0.2, -0.15) is 9.78 Å². The summed E-state index contributed by atoms with van der Waals surface area (Å²) in [6.45, 7) is 6.03. The maximum Gasteiger partial charge on any atom is 0.329 e. The monoisotopic (exact) mass is 390 g/mol. The van der Waals surface area contributed by atoms with Gasteiger partial charge >= 0.3 is 4.87 Å². The van der Waals surface area contributed by atoms with Crippen LogP contribution in [0.1, 0.15) is 25.8 Å². The molecule has 0 spiro atoms. The Balaban J connectivity index is 2.50. The Morgan fingerprint density at radius 1 is 1.30 bits per heavy atom. The number of nitrogens with zero attached hydrogens (tertiary/aromatic N) is 2. The van der Waals surface area contributed by atoms with E-state index in [2.05, 4.69) is 16.4 Å². The summed E-state index contributed by atoms with van der Waals surface area (Å²) in [5, 5.41) is 7.91. The predicted octanol–water partition coefficient (Wildman–Crippen LogP) is 4.48. The number of ether oxygens (including phenoxy) is 1. The number of halogens is 3. The average molecular weight is 392 g/mol. The van der Waals surface area contributed by atoms with Crippen molar-refractivity contribution in [2.24, 2.45) is 0 Å². The summed E-state index contributed by atoms with van der Waals surface area (Å²) >= 11 is 18.7. The first-order valence-corrected chi connectivity index (χ1v) is 8.50. The zero-order valence-electron chi connectivity index (χ0n) is 12.6. The van der Waals surface area contributed by atoms with E-state index < -0.39 is 0 Å². The summed E-state index contributed by atoms with van der Waals surface area (Å²) in [4.78, 5) is 12.0. The van der Waals surface area contributed by atoms with Crippen molar-refractivity contribution in [2.75, 3.05) is 6.61 Å². The third kappa shape index (κ3) is 4.21. The van der Waals surface area contributed by atoms with E-state index in [0.29, 0.717) is 26.5 Å². The Bertz CT molecular complexity index is 841. The maximum absolute atomic E-state index is 12.2. The quantitative estimate of drug-likeness (QED) is 0.725. The Labute approximate surface area is 152 Å². The Morgan fingerprint density at radius 2 is 2.00 bits per heavy atom. The van der Waals surface area contributed by atoms with Crippen LogP contribution in [-0.4, -0.2) is 16.4 Å². The first-order chi connectivity index (χ1) is 10.7. The first-order valence-electron chi connectivity index (χ1n) is 6.55. The number of benzene rings is 1. The minimum absolute atomic E-state index is 0.0729. The highest BCUT2D eigenvalue weighted by Gasteiger charge is 2.22. The molecule has 0 bridgehead atoms. The van der Waals surface area contributed by atoms with E-state index in [1.807, 2.05) is 20.8 Å². The molecule has 1 heterocycles. The molecule has 0 unspecified atom stereocenters. The van der Waals surface area contributed by atoms with Crippen LogP contribution in [-0.2, 0) is 5.41 Å². The zero-order chi connectivity index (χ0) is 17.2. The molecular weight excluding hydrogens is 379 g/mol. The zero-order valence-corrected chi connectivity index (χ0v) is 15.7. The van der Waals surface area contributed by atoms with Gasteiger partial charge in [0.15, 0.2) is 0 Å². The van der Waals surface area contributed by atoms with Crippen molar-refractivity contribution >= 4 is 46.1 Å². The van der Waals surface area contributed by atoms with Crippen molar-refractivity contribution in [3.63, 3.8) is 0 Å². The number of aromatic nitrogens is 2. The first kappa shape index (κ1) is 18.2. The molecule has 2 aromatic rings. The van der Waals surface area contributed by atoms with Gasteiger partial charge in [-0.05, 0) is 23.6 Å². The van der Waals surface area contributed by atoms with Gasteiger partial charge in [0.05, 0.1) is 15.7 Å². The van der Waals surface area contributed by atoms with Gasteiger partial charge in [-0.1, -0.05) is 55.3 Å². The van der Waals surface area contributed by atoms with Crippen LogP contribution in [0.5, 0.6) is 5.75 Å². The molecule has 1 aromatic heterocycles. The molecule has 0 amide bonds. The summed E-state index contributed by atoms with van der Waals surface area (Å²) in [6, 6.07) is 3.07. The van der Waals surface area contributed by atoms with Crippen molar-refractivity contribution in [1.82, 2.24) is 9.78 Å². The lowest BCUT2D eigenvalue weighted by molar-refractivity contribution is 0.370. The van der Waals surface area contributed by atoms with Gasteiger partial charge in [0.25, 0.3) is 0 Å². The van der Waals surface area contributed by atoms with Gasteiger partial charge in [-0.3, -0.25) is 4.79 Å². The molecule has 0 radical (unpaired) electrons. The van der Waals surface area contributed by atoms with Gasteiger partial charge < -0.3 is 4.74 Å². The van der Waals surface area contributed by atoms with E-state index >= 15 is 0 Å². The van der Waals surface area contributed by atoms with Crippen molar-refractivity contribution in [3.05, 3.63) is 36.9 Å². The Morgan fingerprint density at radius 3 is 2.57 bits per heavy atom. The second-order valence-corrected chi connectivity index (χ2v) is 7.57. The fraction of sp³-hybridized carbons (Fsp3) is 0.333. The van der Waals surface area contributed by atoms with Gasteiger partial charge in [-0.25, -0.2) is 0 Å². The molecule has 2 rings (SSSR count). The van der Waals surface area contributed by atoms with Crippen LogP contribution in [0.2, 0.25) is 10.0 Å². The molecule has 8 heteroatoms. The van der Waals surface area contributed by atoms with Crippen LogP contribution in [0, 0.1) is 11.3 Å². The topological polar surface area (TPSA) is 44.1 Å². The molecule has 0 aliphatic rings. The van der Waals surface area contributed by atoms with Crippen LogP contribution < -0.4 is 9.61 Å². The fourth-order valence-electron chi connectivity index (χ4n) is 1.67. The minimum atomic E-state index is -0.233. The summed E-state index contributed by atoms with van der Waals surface area (Å²) in [5.41, 5.74) is 0.171. The third-order valence-corrected chi connectivity index (χ3v) is 4.75. The van der Waals surface area contributed by atoms with E-state index in [9.17, 15) is 4.79 Å². The van der Waals surface area contributed by atoms with Crippen molar-refractivity contribution < 1.29 is 4.74 Å². The highest BCUT2D eigenvalue weighted by molar-refractivity contribution is 7.09. The number of hydrogen-bond acceptors (Lipinski definition) is 4. The minimum Gasteiger partial charge on any atom is -0.479 e. The molecule has 0 N–H and O–H groups in total. The van der Waals surface area contributed by atoms with Crippen LogP contribution in [0.3, 0.4) is 0 Å². The average Bonchev–Trinajstić information content (AvgIpc) is 2.83. The Hall–Kier alpha value is -1.19. The van der Waals surface area contributed by atoms with Crippen LogP contribution in [0.25, 0.3) is 5.69 Å². The van der Waals surface area contributed by atoms with Gasteiger partial charge in [0.1, 0.15) is 17.4 Å². The lowest BCUT2D eigenvalue weighted by Crippen LogP contribution is -2.15. The molecule has 4 nitrogen and oxygen atoms in total. The van der Waals surface area contributed by atoms with Crippen molar-refractivity contribution in [3.8, 4) is 22.7 Å². The van der Waals surface area contributed by atoms with Gasteiger partial charge in [0, 0.05) is 16.9 Å². The molecule has 0 saturated carbocycles. The van der Waals surface area contributed by atoms with E-state index in [1.54, 1.807) is 6.07 Å². The fourth-order valence-corrected chi connectivity index (χ4v) is 3.06. The van der Waals surface area contributed by atoms with Gasteiger partial charge in [-0.15, -0.1) is 0 Å². The van der Waals surface area contributed by atoms with E-state index in [-0.39, 0.29) is 16.9 Å². The highest BCUT2D eigenvalue weighted by Crippen LogP contribution is 2.33. The van der Waals surface area contributed by atoms with Crippen molar-refractivity contribution in [2.45, 2.75) is 26.2 Å². The molecule has 0 saturated heterocycles. The molecule has 0 fully saturated rings. The molecule has 0 atom stereocenters. The van der Waals surface area contributed by atoms with Crippen LogP contribution in [0.4, 0.5) is 0 Å². The van der Waals surface area contributed by atoms with E-state index in [1.165, 1.54) is 10.7 Å². The van der Waals surface area contributed by atoms with E-state index in [0.717, 1.165) is 11.3 Å². The predicted molar refractivity (Wildman–Crippen MR) is 95.6 cm³/mol. The summed E-state index contributed by atoms with van der Waals surface area (Å²) < 4.78 is 6.67. The second-order valence-electron chi connectivity index (χ2n) is 5.63.